The van der Waals surface area contributed by atoms with E-state index in [-0.39, 0.29) is 18.3 Å². The average molecular weight is 387 g/mol. The molecule has 2 N–H and O–H groups in total. The maximum absolute atomic E-state index is 12.6. The molecule has 1 aromatic carbocycles. The third-order valence-electron chi connectivity index (χ3n) is 4.69. The SMILES string of the molecule is CC1(C)O[C@@H]2[C@H](O1)[C@@H](CO)O[C@@H]2n1ccc(NC(=O)c2ccccc2)nc1=O. The van der Waals surface area contributed by atoms with E-state index in [9.17, 15) is 14.7 Å². The lowest BCUT2D eigenvalue weighted by atomic mass is 10.1. The Morgan fingerprint density at radius 2 is 1.93 bits per heavy atom. The van der Waals surface area contributed by atoms with E-state index in [0.717, 1.165) is 0 Å². The molecule has 4 atom stereocenters. The predicted molar refractivity (Wildman–Crippen MR) is 97.7 cm³/mol. The molecule has 9 nitrogen and oxygen atoms in total. The van der Waals surface area contributed by atoms with Gasteiger partial charge in [0.05, 0.1) is 6.61 Å². The molecular weight excluding hydrogens is 366 g/mol. The number of fused-ring (bicyclic) bond motifs is 1. The monoisotopic (exact) mass is 387 g/mol. The summed E-state index contributed by atoms with van der Waals surface area (Å²) in [7, 11) is 0. The highest BCUT2D eigenvalue weighted by atomic mass is 16.8. The van der Waals surface area contributed by atoms with Gasteiger partial charge in [-0.05, 0) is 32.0 Å². The van der Waals surface area contributed by atoms with Gasteiger partial charge in [-0.25, -0.2) is 4.79 Å². The summed E-state index contributed by atoms with van der Waals surface area (Å²) in [5, 5.41) is 12.2. The van der Waals surface area contributed by atoms with Gasteiger partial charge in [0.15, 0.2) is 12.0 Å². The Balaban J connectivity index is 1.55. The number of carbonyl (C=O) groups is 1. The molecular formula is C19H21N3O6. The highest BCUT2D eigenvalue weighted by Crippen LogP contribution is 2.42. The summed E-state index contributed by atoms with van der Waals surface area (Å²) in [6.45, 7) is 3.27. The van der Waals surface area contributed by atoms with E-state index >= 15 is 0 Å². The van der Waals surface area contributed by atoms with Crippen LogP contribution < -0.4 is 11.0 Å². The van der Waals surface area contributed by atoms with Gasteiger partial charge < -0.3 is 24.6 Å². The number of nitrogens with one attached hydrogen (secondary N) is 1. The first kappa shape index (κ1) is 18.8. The molecule has 0 aliphatic carbocycles. The second-order valence-corrected chi connectivity index (χ2v) is 7.14. The van der Waals surface area contributed by atoms with Crippen molar-refractivity contribution in [3.8, 4) is 0 Å². The first-order valence-electron chi connectivity index (χ1n) is 8.95. The van der Waals surface area contributed by atoms with Crippen molar-refractivity contribution in [1.82, 2.24) is 9.55 Å². The van der Waals surface area contributed by atoms with Crippen molar-refractivity contribution < 1.29 is 24.1 Å². The number of hydrogen-bond donors (Lipinski definition) is 2. The van der Waals surface area contributed by atoms with Crippen LogP contribution in [0.15, 0.2) is 47.4 Å². The normalized spacial score (nSPS) is 28.1. The Morgan fingerprint density at radius 3 is 2.61 bits per heavy atom. The molecule has 0 radical (unpaired) electrons. The number of aliphatic hydroxyl groups excluding tert-OH is 1. The van der Waals surface area contributed by atoms with Crippen molar-refractivity contribution in [1.29, 1.82) is 0 Å². The number of rotatable bonds is 4. The van der Waals surface area contributed by atoms with Crippen molar-refractivity contribution >= 4 is 11.7 Å². The molecule has 2 fully saturated rings. The van der Waals surface area contributed by atoms with Crippen molar-refractivity contribution in [2.75, 3.05) is 11.9 Å². The Hall–Kier alpha value is -2.59. The standard InChI is InChI=1S/C19H21N3O6/c1-19(2)27-14-12(10-23)26-17(15(14)28-19)22-9-8-13(21-18(22)25)20-16(24)11-6-4-3-5-7-11/h3-9,12,14-15,17,23H,10H2,1-2H3,(H,20,21,24,25)/t12-,14-,15-,17+/m1/s1. The highest BCUT2D eigenvalue weighted by molar-refractivity contribution is 6.03. The van der Waals surface area contributed by atoms with Gasteiger partial charge in [-0.2, -0.15) is 4.98 Å². The molecule has 0 unspecified atom stereocenters. The van der Waals surface area contributed by atoms with Crippen LogP contribution in [-0.4, -0.2) is 51.3 Å². The van der Waals surface area contributed by atoms with E-state index in [1.54, 1.807) is 44.2 Å². The summed E-state index contributed by atoms with van der Waals surface area (Å²) in [6, 6.07) is 10.1. The van der Waals surface area contributed by atoms with Gasteiger partial charge in [0.2, 0.25) is 0 Å². The number of ether oxygens (including phenoxy) is 3. The largest absolute Gasteiger partial charge is 0.394 e. The van der Waals surface area contributed by atoms with E-state index in [2.05, 4.69) is 10.3 Å². The number of hydrogen-bond acceptors (Lipinski definition) is 7. The van der Waals surface area contributed by atoms with Crippen LogP contribution in [0.25, 0.3) is 0 Å². The number of benzene rings is 1. The molecule has 0 saturated carbocycles. The minimum atomic E-state index is -0.842. The number of anilines is 1. The molecule has 0 spiro atoms. The zero-order chi connectivity index (χ0) is 19.9. The third-order valence-corrected chi connectivity index (χ3v) is 4.69. The summed E-state index contributed by atoms with van der Waals surface area (Å²) >= 11 is 0. The van der Waals surface area contributed by atoms with Crippen LogP contribution in [0.2, 0.25) is 0 Å². The van der Waals surface area contributed by atoms with Crippen molar-refractivity contribution in [2.45, 2.75) is 44.2 Å². The van der Waals surface area contributed by atoms with Gasteiger partial charge in [-0.3, -0.25) is 9.36 Å². The minimum Gasteiger partial charge on any atom is -0.394 e. The number of aromatic nitrogens is 2. The van der Waals surface area contributed by atoms with E-state index in [4.69, 9.17) is 14.2 Å². The Bertz CT molecular complexity index is 929. The van der Waals surface area contributed by atoms with Crippen LogP contribution in [0.1, 0.15) is 30.4 Å². The smallest absolute Gasteiger partial charge is 0.351 e. The van der Waals surface area contributed by atoms with Crippen LogP contribution in [0, 0.1) is 0 Å². The second-order valence-electron chi connectivity index (χ2n) is 7.14. The number of nitrogens with zero attached hydrogens (tertiary/aromatic N) is 2. The van der Waals surface area contributed by atoms with Gasteiger partial charge in [0.1, 0.15) is 24.1 Å². The molecule has 148 valence electrons. The lowest BCUT2D eigenvalue weighted by Crippen LogP contribution is -2.35. The van der Waals surface area contributed by atoms with Crippen LogP contribution in [0.5, 0.6) is 0 Å². The Labute approximate surface area is 160 Å². The van der Waals surface area contributed by atoms with Crippen LogP contribution in [-0.2, 0) is 14.2 Å². The first-order valence-corrected chi connectivity index (χ1v) is 8.95. The second kappa shape index (κ2) is 7.10. The molecule has 1 aromatic heterocycles. The third kappa shape index (κ3) is 3.45. The van der Waals surface area contributed by atoms with Gasteiger partial charge >= 0.3 is 5.69 Å². The van der Waals surface area contributed by atoms with Crippen LogP contribution >= 0.6 is 0 Å². The van der Waals surface area contributed by atoms with E-state index < -0.39 is 36.0 Å². The van der Waals surface area contributed by atoms with Gasteiger partial charge in [-0.15, -0.1) is 0 Å². The molecule has 28 heavy (non-hydrogen) atoms. The highest BCUT2D eigenvalue weighted by Gasteiger charge is 2.55. The van der Waals surface area contributed by atoms with Gasteiger partial charge in [0.25, 0.3) is 5.91 Å². The summed E-state index contributed by atoms with van der Waals surface area (Å²) in [4.78, 5) is 28.7. The zero-order valence-corrected chi connectivity index (χ0v) is 15.4. The van der Waals surface area contributed by atoms with E-state index in [1.807, 2.05) is 0 Å². The summed E-state index contributed by atoms with van der Waals surface area (Å²) in [5.41, 5.74) is -0.151. The molecule has 3 heterocycles. The molecule has 0 bridgehead atoms. The Kier molecular flexibility index (Phi) is 4.76. The maximum Gasteiger partial charge on any atom is 0.351 e. The number of aliphatic hydroxyl groups is 1. The van der Waals surface area contributed by atoms with Crippen molar-refractivity contribution in [2.24, 2.45) is 0 Å². The molecule has 2 saturated heterocycles. The minimum absolute atomic E-state index is 0.132. The van der Waals surface area contributed by atoms with Gasteiger partial charge in [0, 0.05) is 11.8 Å². The lowest BCUT2D eigenvalue weighted by Gasteiger charge is -2.24. The van der Waals surface area contributed by atoms with E-state index in [0.29, 0.717) is 5.56 Å². The predicted octanol–water partition coefficient (Wildman–Crippen LogP) is 0.905. The Morgan fingerprint density at radius 1 is 1.21 bits per heavy atom. The van der Waals surface area contributed by atoms with Crippen LogP contribution in [0.4, 0.5) is 5.82 Å². The van der Waals surface area contributed by atoms with Gasteiger partial charge in [-0.1, -0.05) is 18.2 Å². The maximum atomic E-state index is 12.6. The molecule has 2 aromatic rings. The zero-order valence-electron chi connectivity index (χ0n) is 15.4. The van der Waals surface area contributed by atoms with Crippen LogP contribution in [0.3, 0.4) is 0 Å². The quantitative estimate of drug-likeness (QED) is 0.802. The molecule has 2 aliphatic heterocycles. The molecule has 1 amide bonds. The van der Waals surface area contributed by atoms with Crippen molar-refractivity contribution in [3.63, 3.8) is 0 Å². The lowest BCUT2D eigenvalue weighted by molar-refractivity contribution is -0.200. The fourth-order valence-corrected chi connectivity index (χ4v) is 3.48. The number of amides is 1. The fourth-order valence-electron chi connectivity index (χ4n) is 3.48. The molecule has 4 rings (SSSR count). The fraction of sp³-hybridized carbons (Fsp3) is 0.421. The number of carbonyl (C=O) groups excluding carboxylic acids is 1. The van der Waals surface area contributed by atoms with E-state index in [1.165, 1.54) is 16.8 Å². The molecule has 2 aliphatic rings. The summed E-state index contributed by atoms with van der Waals surface area (Å²) in [5.74, 6) is -1.07. The molecule has 9 heteroatoms. The summed E-state index contributed by atoms with van der Waals surface area (Å²) < 4.78 is 18.7. The van der Waals surface area contributed by atoms with Crippen molar-refractivity contribution in [3.05, 3.63) is 58.6 Å². The summed E-state index contributed by atoms with van der Waals surface area (Å²) in [6.07, 6.45) is -0.971. The average Bonchev–Trinajstić information content (AvgIpc) is 3.15. The first-order chi connectivity index (χ1) is 13.4. The topological polar surface area (TPSA) is 112 Å².